The molecular formula is C22H18BrN5O2. The molecule has 30 heavy (non-hydrogen) atoms. The van der Waals surface area contributed by atoms with Crippen LogP contribution in [0.1, 0.15) is 24.1 Å². The van der Waals surface area contributed by atoms with Crippen LogP contribution in [0, 0.1) is 11.3 Å². The number of halogens is 1. The predicted octanol–water partition coefficient (Wildman–Crippen LogP) is 4.45. The van der Waals surface area contributed by atoms with Gasteiger partial charge in [0, 0.05) is 10.2 Å². The van der Waals surface area contributed by atoms with Crippen molar-refractivity contribution in [3.63, 3.8) is 0 Å². The Bertz CT molecular complexity index is 1190. The molecule has 1 aliphatic heterocycles. The number of hydrogen-bond acceptors (Lipinski definition) is 5. The zero-order valence-corrected chi connectivity index (χ0v) is 17.9. The van der Waals surface area contributed by atoms with Crippen molar-refractivity contribution in [2.75, 3.05) is 17.7 Å². The molecule has 1 atom stereocenters. The fraction of sp³-hybridized carbons (Fsp3) is 0.136. The lowest BCUT2D eigenvalue weighted by Gasteiger charge is -2.30. The van der Waals surface area contributed by atoms with Crippen LogP contribution in [0.15, 0.2) is 70.5 Å². The van der Waals surface area contributed by atoms with Crippen LogP contribution in [0.3, 0.4) is 0 Å². The SMILES string of the molecule is COc1ccccc1NC(=O)C1=C(C)Nc2c(C#N)cnn2[C@@H]1c1ccc(Br)cc1. The summed E-state index contributed by atoms with van der Waals surface area (Å²) in [6.45, 7) is 1.82. The maximum Gasteiger partial charge on any atom is 0.255 e. The van der Waals surface area contributed by atoms with E-state index in [1.165, 1.54) is 6.20 Å². The first-order chi connectivity index (χ1) is 14.5. The van der Waals surface area contributed by atoms with E-state index in [0.717, 1.165) is 10.0 Å². The summed E-state index contributed by atoms with van der Waals surface area (Å²) < 4.78 is 7.96. The molecule has 2 heterocycles. The van der Waals surface area contributed by atoms with E-state index < -0.39 is 6.04 Å². The van der Waals surface area contributed by atoms with Crippen molar-refractivity contribution < 1.29 is 9.53 Å². The lowest BCUT2D eigenvalue weighted by Crippen LogP contribution is -2.31. The lowest BCUT2D eigenvalue weighted by atomic mass is 9.94. The molecule has 4 rings (SSSR count). The minimum absolute atomic E-state index is 0.280. The van der Waals surface area contributed by atoms with Gasteiger partial charge in [-0.2, -0.15) is 10.4 Å². The summed E-state index contributed by atoms with van der Waals surface area (Å²) in [4.78, 5) is 13.4. The summed E-state index contributed by atoms with van der Waals surface area (Å²) in [7, 11) is 1.56. The number of nitriles is 1. The first kappa shape index (κ1) is 19.7. The third kappa shape index (κ3) is 3.44. The highest BCUT2D eigenvalue weighted by molar-refractivity contribution is 9.10. The minimum atomic E-state index is -0.494. The number of carbonyl (C=O) groups is 1. The standard InChI is InChI=1S/C22H18BrN5O2/c1-13-19(22(29)27-17-5-3-4-6-18(17)30-2)20(14-7-9-16(23)10-8-14)28-21(26-13)15(11-24)12-25-28/h3-10,12,20,26H,1-2H3,(H,27,29)/t20-/m1/s1. The van der Waals surface area contributed by atoms with Gasteiger partial charge in [-0.1, -0.05) is 40.2 Å². The Balaban J connectivity index is 1.81. The Hall–Kier alpha value is -3.57. The van der Waals surface area contributed by atoms with Crippen LogP contribution < -0.4 is 15.4 Å². The molecule has 1 aromatic heterocycles. The van der Waals surface area contributed by atoms with Crippen molar-refractivity contribution in [2.45, 2.75) is 13.0 Å². The second-order valence-corrected chi connectivity index (χ2v) is 7.65. The van der Waals surface area contributed by atoms with Crippen LogP contribution in [-0.2, 0) is 4.79 Å². The van der Waals surface area contributed by atoms with E-state index in [1.807, 2.05) is 43.3 Å². The van der Waals surface area contributed by atoms with Crippen LogP contribution in [0.5, 0.6) is 5.75 Å². The van der Waals surface area contributed by atoms with E-state index in [2.05, 4.69) is 37.7 Å². The first-order valence-electron chi connectivity index (χ1n) is 9.18. The molecule has 0 fully saturated rings. The first-order valence-corrected chi connectivity index (χ1v) is 9.98. The van der Waals surface area contributed by atoms with Crippen molar-refractivity contribution >= 4 is 33.3 Å². The van der Waals surface area contributed by atoms with Gasteiger partial charge in [0.25, 0.3) is 5.91 Å². The average Bonchev–Trinajstić information content (AvgIpc) is 3.16. The summed E-state index contributed by atoms with van der Waals surface area (Å²) in [5, 5.41) is 19.9. The zero-order chi connectivity index (χ0) is 21.3. The fourth-order valence-corrected chi connectivity index (χ4v) is 3.79. The van der Waals surface area contributed by atoms with Crippen molar-refractivity contribution in [1.82, 2.24) is 9.78 Å². The molecule has 2 N–H and O–H groups in total. The van der Waals surface area contributed by atoms with Gasteiger partial charge in [-0.05, 0) is 36.8 Å². The molecule has 0 saturated carbocycles. The number of aromatic nitrogens is 2. The largest absolute Gasteiger partial charge is 0.495 e. The van der Waals surface area contributed by atoms with Gasteiger partial charge in [-0.3, -0.25) is 4.79 Å². The third-order valence-corrected chi connectivity index (χ3v) is 5.46. The number of carbonyl (C=O) groups excluding carboxylic acids is 1. The molecule has 0 saturated heterocycles. The summed E-state index contributed by atoms with van der Waals surface area (Å²) in [6.07, 6.45) is 1.50. The minimum Gasteiger partial charge on any atom is -0.495 e. The molecule has 3 aromatic rings. The summed E-state index contributed by atoms with van der Waals surface area (Å²) >= 11 is 3.45. The molecule has 2 aromatic carbocycles. The Morgan fingerprint density at radius 2 is 2.00 bits per heavy atom. The molecule has 8 heteroatoms. The third-order valence-electron chi connectivity index (χ3n) is 4.93. The predicted molar refractivity (Wildman–Crippen MR) is 117 cm³/mol. The van der Waals surface area contributed by atoms with Gasteiger partial charge in [0.1, 0.15) is 29.2 Å². The Morgan fingerprint density at radius 1 is 1.27 bits per heavy atom. The van der Waals surface area contributed by atoms with Crippen LogP contribution in [0.4, 0.5) is 11.5 Å². The maximum absolute atomic E-state index is 13.4. The second kappa shape index (κ2) is 8.05. The molecule has 1 amide bonds. The highest BCUT2D eigenvalue weighted by Gasteiger charge is 2.34. The van der Waals surface area contributed by atoms with E-state index in [9.17, 15) is 10.1 Å². The Kier molecular flexibility index (Phi) is 5.29. The number of hydrogen-bond donors (Lipinski definition) is 2. The van der Waals surface area contributed by atoms with E-state index in [-0.39, 0.29) is 5.91 Å². The topological polar surface area (TPSA) is 92.0 Å². The average molecular weight is 464 g/mol. The molecule has 0 bridgehead atoms. The van der Waals surface area contributed by atoms with Crippen molar-refractivity contribution in [2.24, 2.45) is 0 Å². The number of para-hydroxylation sites is 2. The quantitative estimate of drug-likeness (QED) is 0.595. The molecule has 0 spiro atoms. The number of nitrogens with one attached hydrogen (secondary N) is 2. The van der Waals surface area contributed by atoms with Crippen LogP contribution >= 0.6 is 15.9 Å². The highest BCUT2D eigenvalue weighted by Crippen LogP contribution is 2.38. The summed E-state index contributed by atoms with van der Waals surface area (Å²) in [6, 6.07) is 16.6. The van der Waals surface area contributed by atoms with E-state index in [0.29, 0.717) is 34.1 Å². The number of nitrogens with zero attached hydrogens (tertiary/aromatic N) is 3. The highest BCUT2D eigenvalue weighted by atomic mass is 79.9. The molecular weight excluding hydrogens is 446 g/mol. The smallest absolute Gasteiger partial charge is 0.255 e. The summed E-state index contributed by atoms with van der Waals surface area (Å²) in [5.41, 5.74) is 3.02. The van der Waals surface area contributed by atoms with Crippen LogP contribution in [0.25, 0.3) is 0 Å². The van der Waals surface area contributed by atoms with Gasteiger partial charge in [-0.25, -0.2) is 4.68 Å². The molecule has 0 radical (unpaired) electrons. The van der Waals surface area contributed by atoms with E-state index in [1.54, 1.807) is 23.9 Å². The van der Waals surface area contributed by atoms with Crippen molar-refractivity contribution in [1.29, 1.82) is 5.26 Å². The number of rotatable bonds is 4. The van der Waals surface area contributed by atoms with Gasteiger partial charge >= 0.3 is 0 Å². The number of methoxy groups -OCH3 is 1. The van der Waals surface area contributed by atoms with Gasteiger partial charge in [0.15, 0.2) is 0 Å². The molecule has 1 aliphatic rings. The lowest BCUT2D eigenvalue weighted by molar-refractivity contribution is -0.113. The van der Waals surface area contributed by atoms with Crippen molar-refractivity contribution in [3.8, 4) is 11.8 Å². The monoisotopic (exact) mass is 463 g/mol. The zero-order valence-electron chi connectivity index (χ0n) is 16.3. The van der Waals surface area contributed by atoms with Gasteiger partial charge in [0.05, 0.1) is 24.6 Å². The Morgan fingerprint density at radius 3 is 2.70 bits per heavy atom. The second-order valence-electron chi connectivity index (χ2n) is 6.74. The number of amides is 1. The Labute approximate surface area is 182 Å². The number of benzene rings is 2. The van der Waals surface area contributed by atoms with E-state index in [4.69, 9.17) is 4.74 Å². The van der Waals surface area contributed by atoms with Gasteiger partial charge in [-0.15, -0.1) is 0 Å². The number of fused-ring (bicyclic) bond motifs is 1. The molecule has 0 unspecified atom stereocenters. The number of allylic oxidation sites excluding steroid dienone is 1. The van der Waals surface area contributed by atoms with E-state index >= 15 is 0 Å². The molecule has 150 valence electrons. The van der Waals surface area contributed by atoms with Crippen molar-refractivity contribution in [3.05, 3.63) is 81.6 Å². The van der Waals surface area contributed by atoms with Gasteiger partial charge in [0.2, 0.25) is 0 Å². The summed E-state index contributed by atoms with van der Waals surface area (Å²) in [5.74, 6) is 0.855. The van der Waals surface area contributed by atoms with Gasteiger partial charge < -0.3 is 15.4 Å². The molecule has 7 nitrogen and oxygen atoms in total. The van der Waals surface area contributed by atoms with Crippen LogP contribution in [0.2, 0.25) is 0 Å². The van der Waals surface area contributed by atoms with Crippen LogP contribution in [-0.4, -0.2) is 22.8 Å². The normalized spacial score (nSPS) is 15.1. The maximum atomic E-state index is 13.4. The number of ether oxygens (including phenoxy) is 1. The molecule has 0 aliphatic carbocycles. The number of anilines is 2. The fourth-order valence-electron chi connectivity index (χ4n) is 3.52.